The average molecular weight is 341 g/mol. The van der Waals surface area contributed by atoms with Crippen molar-refractivity contribution in [3.05, 3.63) is 29.8 Å². The average Bonchev–Trinajstić information content (AvgIpc) is 2.91. The van der Waals surface area contributed by atoms with E-state index in [9.17, 15) is 9.59 Å². The molecule has 0 spiro atoms. The molecule has 2 atom stereocenters. The number of hydrogen-bond donors (Lipinski definition) is 3. The lowest BCUT2D eigenvalue weighted by Crippen LogP contribution is -2.30. The first-order valence-corrected chi connectivity index (χ1v) is 7.56. The summed E-state index contributed by atoms with van der Waals surface area (Å²) in [6.45, 7) is 0.455. The molecule has 1 aliphatic rings. The van der Waals surface area contributed by atoms with Gasteiger partial charge in [0.2, 0.25) is 5.91 Å². The van der Waals surface area contributed by atoms with Crippen molar-refractivity contribution in [2.24, 2.45) is 11.7 Å². The van der Waals surface area contributed by atoms with Crippen LogP contribution in [0.25, 0.3) is 0 Å². The zero-order chi connectivity index (χ0) is 16.1. The van der Waals surface area contributed by atoms with Gasteiger partial charge in [0.1, 0.15) is 0 Å². The lowest BCUT2D eigenvalue weighted by atomic mass is 10.1. The highest BCUT2D eigenvalue weighted by atomic mass is 35.5. The normalized spacial score (nSPS) is 19.6. The van der Waals surface area contributed by atoms with E-state index >= 15 is 0 Å². The number of nitrogens with one attached hydrogen (secondary N) is 2. The largest absolute Gasteiger partial charge is 0.352 e. The summed E-state index contributed by atoms with van der Waals surface area (Å²) >= 11 is 0. The lowest BCUT2D eigenvalue weighted by molar-refractivity contribution is -0.125. The molecule has 1 aromatic rings. The smallest absolute Gasteiger partial charge is 0.321 e. The minimum absolute atomic E-state index is 0. The minimum Gasteiger partial charge on any atom is -0.352 e. The Morgan fingerprint density at radius 3 is 2.65 bits per heavy atom. The minimum atomic E-state index is -0.180. The van der Waals surface area contributed by atoms with Gasteiger partial charge in [0.25, 0.3) is 0 Å². The molecular formula is C16H25ClN4O2. The summed E-state index contributed by atoms with van der Waals surface area (Å²) in [6, 6.07) is 7.44. The Hall–Kier alpha value is -1.79. The number of urea groups is 1. The van der Waals surface area contributed by atoms with E-state index in [1.54, 1.807) is 14.1 Å². The summed E-state index contributed by atoms with van der Waals surface area (Å²) in [5.74, 6) is 0.0994. The molecule has 128 valence electrons. The van der Waals surface area contributed by atoms with Crippen molar-refractivity contribution < 1.29 is 9.59 Å². The number of benzene rings is 1. The Morgan fingerprint density at radius 1 is 1.30 bits per heavy atom. The van der Waals surface area contributed by atoms with Crippen LogP contribution in [0.15, 0.2) is 24.3 Å². The molecule has 0 heterocycles. The van der Waals surface area contributed by atoms with Gasteiger partial charge in [-0.15, -0.1) is 12.4 Å². The molecule has 0 aromatic heterocycles. The molecular weight excluding hydrogens is 316 g/mol. The lowest BCUT2D eigenvalue weighted by Gasteiger charge is -2.14. The first-order valence-electron chi connectivity index (χ1n) is 7.56. The van der Waals surface area contributed by atoms with Gasteiger partial charge in [0.05, 0.1) is 0 Å². The van der Waals surface area contributed by atoms with Crippen molar-refractivity contribution in [1.29, 1.82) is 0 Å². The summed E-state index contributed by atoms with van der Waals surface area (Å²) in [5, 5.41) is 5.74. The second-order valence-electron chi connectivity index (χ2n) is 6.01. The third-order valence-electron chi connectivity index (χ3n) is 3.90. The Morgan fingerprint density at radius 2 is 2.04 bits per heavy atom. The number of halogens is 1. The van der Waals surface area contributed by atoms with Crippen molar-refractivity contribution >= 4 is 30.0 Å². The molecule has 23 heavy (non-hydrogen) atoms. The van der Waals surface area contributed by atoms with E-state index in [0.717, 1.165) is 24.8 Å². The summed E-state index contributed by atoms with van der Waals surface area (Å²) < 4.78 is 0. The number of anilines is 1. The van der Waals surface area contributed by atoms with Crippen molar-refractivity contribution in [2.75, 3.05) is 19.4 Å². The number of carbonyl (C=O) groups excluding carboxylic acids is 2. The van der Waals surface area contributed by atoms with Crippen molar-refractivity contribution in [1.82, 2.24) is 10.2 Å². The summed E-state index contributed by atoms with van der Waals surface area (Å²) in [7, 11) is 3.37. The molecule has 3 amide bonds. The zero-order valence-corrected chi connectivity index (χ0v) is 14.4. The molecule has 0 radical (unpaired) electrons. The predicted octanol–water partition coefficient (Wildman–Crippen LogP) is 1.95. The fourth-order valence-electron chi connectivity index (χ4n) is 2.58. The maximum atomic E-state index is 12.1. The van der Waals surface area contributed by atoms with Gasteiger partial charge in [-0.3, -0.25) is 4.79 Å². The van der Waals surface area contributed by atoms with Gasteiger partial charge in [0.15, 0.2) is 0 Å². The molecule has 2 unspecified atom stereocenters. The molecule has 1 aliphatic carbocycles. The van der Waals surface area contributed by atoms with Crippen LogP contribution in [0.3, 0.4) is 0 Å². The molecule has 7 heteroatoms. The van der Waals surface area contributed by atoms with Crippen LogP contribution >= 0.6 is 12.4 Å². The third kappa shape index (κ3) is 5.73. The van der Waals surface area contributed by atoms with Crippen LogP contribution < -0.4 is 16.4 Å². The van der Waals surface area contributed by atoms with Gasteiger partial charge in [-0.25, -0.2) is 4.79 Å². The van der Waals surface area contributed by atoms with Gasteiger partial charge in [0, 0.05) is 38.3 Å². The van der Waals surface area contributed by atoms with Gasteiger partial charge >= 0.3 is 6.03 Å². The molecule has 0 bridgehead atoms. The van der Waals surface area contributed by atoms with E-state index in [4.69, 9.17) is 5.73 Å². The monoisotopic (exact) mass is 340 g/mol. The van der Waals surface area contributed by atoms with Gasteiger partial charge in [-0.1, -0.05) is 12.1 Å². The Balaban J connectivity index is 0.00000264. The molecule has 0 saturated heterocycles. The van der Waals surface area contributed by atoms with Crippen LogP contribution in [0.4, 0.5) is 10.5 Å². The molecule has 1 saturated carbocycles. The maximum absolute atomic E-state index is 12.1. The quantitative estimate of drug-likeness (QED) is 0.782. The van der Waals surface area contributed by atoms with E-state index in [2.05, 4.69) is 10.6 Å². The van der Waals surface area contributed by atoms with Crippen molar-refractivity contribution in [2.45, 2.75) is 31.8 Å². The van der Waals surface area contributed by atoms with Crippen LogP contribution in [0, 0.1) is 5.92 Å². The number of carbonyl (C=O) groups is 2. The highest BCUT2D eigenvalue weighted by Crippen LogP contribution is 2.24. The third-order valence-corrected chi connectivity index (χ3v) is 3.90. The van der Waals surface area contributed by atoms with Gasteiger partial charge in [-0.05, 0) is 37.0 Å². The van der Waals surface area contributed by atoms with Crippen LogP contribution in [0.1, 0.15) is 24.8 Å². The van der Waals surface area contributed by atoms with Crippen LogP contribution in [0.2, 0.25) is 0 Å². The predicted molar refractivity (Wildman–Crippen MR) is 93.6 cm³/mol. The van der Waals surface area contributed by atoms with E-state index in [1.807, 2.05) is 24.3 Å². The van der Waals surface area contributed by atoms with Crippen LogP contribution in [-0.2, 0) is 11.3 Å². The van der Waals surface area contributed by atoms with Crippen molar-refractivity contribution in [3.63, 3.8) is 0 Å². The fraction of sp³-hybridized carbons (Fsp3) is 0.500. The molecule has 2 rings (SSSR count). The van der Waals surface area contributed by atoms with Gasteiger partial charge in [-0.2, -0.15) is 0 Å². The molecule has 4 N–H and O–H groups in total. The Bertz CT molecular complexity index is 551. The van der Waals surface area contributed by atoms with Crippen LogP contribution in [-0.4, -0.2) is 37.0 Å². The Labute approximate surface area is 143 Å². The van der Waals surface area contributed by atoms with E-state index in [-0.39, 0.29) is 36.3 Å². The van der Waals surface area contributed by atoms with E-state index in [1.165, 1.54) is 4.90 Å². The number of amides is 3. The highest BCUT2D eigenvalue weighted by molar-refractivity contribution is 5.89. The zero-order valence-electron chi connectivity index (χ0n) is 13.5. The second kappa shape index (κ2) is 8.74. The standard InChI is InChI=1S/C16H24N4O2.ClH/c1-20(2)16(22)19-14-5-3-4-11(8-14)10-18-15(21)12-6-7-13(17)9-12;/h3-5,8,12-13H,6-7,9-10,17H2,1-2H3,(H,18,21)(H,19,22);1H. The molecule has 1 fully saturated rings. The maximum Gasteiger partial charge on any atom is 0.321 e. The first kappa shape index (κ1) is 19.3. The van der Waals surface area contributed by atoms with Gasteiger partial charge < -0.3 is 21.3 Å². The second-order valence-corrected chi connectivity index (χ2v) is 6.01. The van der Waals surface area contributed by atoms with Crippen LogP contribution in [0.5, 0.6) is 0 Å². The van der Waals surface area contributed by atoms with E-state index in [0.29, 0.717) is 12.2 Å². The SMILES string of the molecule is CN(C)C(=O)Nc1cccc(CNC(=O)C2CCC(N)C2)c1.Cl. The Kier molecular flexibility index (Phi) is 7.32. The molecule has 6 nitrogen and oxygen atoms in total. The summed E-state index contributed by atoms with van der Waals surface area (Å²) in [6.07, 6.45) is 2.56. The summed E-state index contributed by atoms with van der Waals surface area (Å²) in [4.78, 5) is 25.2. The first-order chi connectivity index (χ1) is 10.5. The van der Waals surface area contributed by atoms with Crippen molar-refractivity contribution in [3.8, 4) is 0 Å². The fourth-order valence-corrected chi connectivity index (χ4v) is 2.58. The number of hydrogen-bond acceptors (Lipinski definition) is 3. The number of nitrogens with zero attached hydrogens (tertiary/aromatic N) is 1. The number of rotatable bonds is 4. The molecule has 0 aliphatic heterocycles. The highest BCUT2D eigenvalue weighted by Gasteiger charge is 2.27. The number of nitrogens with two attached hydrogens (primary N) is 1. The molecule has 1 aromatic carbocycles. The topological polar surface area (TPSA) is 87.5 Å². The van der Waals surface area contributed by atoms with E-state index < -0.39 is 0 Å². The summed E-state index contributed by atoms with van der Waals surface area (Å²) in [5.41, 5.74) is 7.50.